The number of nitriles is 3. The Balaban J connectivity index is 0.614. The Labute approximate surface area is 799 Å². The van der Waals surface area contributed by atoms with E-state index < -0.39 is 18.0 Å². The molecule has 6 aromatic carbocycles. The van der Waals surface area contributed by atoms with Crippen molar-refractivity contribution in [3.63, 3.8) is 0 Å². The van der Waals surface area contributed by atoms with E-state index in [-0.39, 0.29) is 90.8 Å². The first-order valence-corrected chi connectivity index (χ1v) is 48.3. The minimum atomic E-state index is -0.722. The summed E-state index contributed by atoms with van der Waals surface area (Å²) >= 11 is 5.99. The molecule has 9 aromatic rings. The number of nitrogens with two attached hydrogens (primary N) is 1. The number of nitrogens with zero attached hydrogens (tertiary/aromatic N) is 22. The van der Waals surface area contributed by atoms with Crippen molar-refractivity contribution in [1.29, 1.82) is 15.8 Å². The molecule has 12 heterocycles. The lowest BCUT2D eigenvalue weighted by Gasteiger charge is -2.42. The second-order valence-corrected chi connectivity index (χ2v) is 38.6. The number of ether oxygens (including phenoxy) is 3. The number of hydrogen-bond acceptors (Lipinski definition) is 26. The maximum Gasteiger partial charge on any atom is 0.318 e. The molecule has 6 fully saturated rings. The summed E-state index contributed by atoms with van der Waals surface area (Å²) in [6.45, 7) is 17.2. The average Bonchev–Trinajstić information content (AvgIpc) is 1.61. The van der Waals surface area contributed by atoms with Crippen molar-refractivity contribution < 1.29 is 38.2 Å². The fourth-order valence-corrected chi connectivity index (χ4v) is 22.3. The third kappa shape index (κ3) is 19.7. The van der Waals surface area contributed by atoms with E-state index in [9.17, 15) is 39.8 Å². The van der Waals surface area contributed by atoms with E-state index in [0.717, 1.165) is 148 Å². The zero-order valence-corrected chi connectivity index (χ0v) is 79.8. The highest BCUT2D eigenvalue weighted by molar-refractivity contribution is 6.19. The molecule has 2 N–H and O–H groups in total. The van der Waals surface area contributed by atoms with Crippen LogP contribution < -0.4 is 49.3 Å². The van der Waals surface area contributed by atoms with Gasteiger partial charge in [0.05, 0.1) is 92.3 Å². The fraction of sp³-hybridized carbons (Fsp3) is 0.462. The van der Waals surface area contributed by atoms with Gasteiger partial charge in [-0.1, -0.05) is 84.9 Å². The van der Waals surface area contributed by atoms with Gasteiger partial charge in [-0.3, -0.25) is 33.8 Å². The molecule has 18 rings (SSSR count). The van der Waals surface area contributed by atoms with E-state index in [1.54, 1.807) is 34.9 Å². The normalized spacial score (nSPS) is 21.8. The predicted molar refractivity (Wildman–Crippen MR) is 526 cm³/mol. The molecule has 2 unspecified atom stereocenters. The number of alkyl halides is 1. The molecule has 8 atom stereocenters. The molecule has 31 nitrogen and oxygen atoms in total. The van der Waals surface area contributed by atoms with Crippen LogP contribution in [0.25, 0.3) is 32.3 Å². The lowest BCUT2D eigenvalue weighted by atomic mass is 9.91. The first kappa shape index (κ1) is 93.2. The molecule has 5 amide bonds. The van der Waals surface area contributed by atoms with Crippen LogP contribution in [0.2, 0.25) is 0 Å². The number of hydrogen-bond donors (Lipinski definition) is 1. The maximum absolute atomic E-state index is 14.0. The molecule has 6 saturated heterocycles. The molecule has 0 radical (unpaired) electrons. The Kier molecular flexibility index (Phi) is 27.9. The number of allylic oxidation sites excluding steroid dienone is 1. The van der Waals surface area contributed by atoms with Crippen molar-refractivity contribution in [2.75, 3.05) is 189 Å². The summed E-state index contributed by atoms with van der Waals surface area (Å²) in [5.41, 5.74) is 20.4. The minimum absolute atomic E-state index is 0.00495. The zero-order chi connectivity index (χ0) is 94.7. The van der Waals surface area contributed by atoms with Crippen molar-refractivity contribution in [3.8, 4) is 36.2 Å². The van der Waals surface area contributed by atoms with Gasteiger partial charge in [-0.2, -0.15) is 45.7 Å². The Morgan fingerprint density at radius 1 is 0.441 bits per heavy atom. The smallest absolute Gasteiger partial charge is 0.318 e. The van der Waals surface area contributed by atoms with Crippen LogP contribution in [0.15, 0.2) is 134 Å². The third-order valence-corrected chi connectivity index (χ3v) is 29.7. The van der Waals surface area contributed by atoms with E-state index in [4.69, 9.17) is 61.4 Å². The van der Waals surface area contributed by atoms with Crippen LogP contribution in [0.4, 0.5) is 34.5 Å². The molecular weight excluding hydrogens is 1730 g/mol. The van der Waals surface area contributed by atoms with Crippen LogP contribution in [0.5, 0.6) is 18.0 Å². The number of aromatic nitrogens is 6. The number of rotatable bonds is 26. The van der Waals surface area contributed by atoms with Gasteiger partial charge in [-0.15, -0.1) is 11.6 Å². The molecule has 0 bridgehead atoms. The number of benzene rings is 6. The molecule has 136 heavy (non-hydrogen) atoms. The van der Waals surface area contributed by atoms with E-state index >= 15 is 0 Å². The standard InChI is InChI=1S/C104H120ClN23O8/c1-66-15-9-18-69-19-12-23-88(96(66)69)120-40-32-82-85(60-120)110-103(114-99(82)123-43-46-126(76(57-123)29-36-106)93(131)24-13-35-105)135-64-80-51-74(55-118(80)7)73-50-71-21-11-17-68(3)98(71)90(54-73)122-42-34-84-87(62-122)112-104(115-101(84)125-45-48-128(78(59-125)31-38-108)95(133)28-27-92(130)116(4)5)136-65-81-52-75(56-119(81)8)72-49-70-20-10-16-67(2)97(70)89(53-72)121-41-33-83-86(61-121)111-102(134-63-79-22-14-39-117(79)6)113-100(83)124-44-47-127(77(58-124)30-37-107)94(132)26-25-91(109)129/h9-13,15-21,23-28,49-50,53-54,74-81H,14,22,29-35,39-48,51-52,55-65H2,1-8H3,(H2,109,129)/b24-13+,26-25+,28-27+/t74?,75?,76-,77-,78-,79-,80-,81-/m0/s1. The van der Waals surface area contributed by atoms with Crippen LogP contribution in [-0.2, 0) is 62.9 Å². The number of halogens is 1. The Hall–Kier alpha value is -13.3. The van der Waals surface area contributed by atoms with E-state index in [1.165, 1.54) is 67.4 Å². The number of likely N-dealkylation sites (tertiary alicyclic amines) is 3. The minimum Gasteiger partial charge on any atom is -0.462 e. The van der Waals surface area contributed by atoms with Gasteiger partial charge in [0.1, 0.15) is 37.3 Å². The van der Waals surface area contributed by atoms with Crippen LogP contribution in [0.3, 0.4) is 0 Å². The predicted octanol–water partition coefficient (Wildman–Crippen LogP) is 10.6. The fourth-order valence-electron chi connectivity index (χ4n) is 22.2. The second-order valence-electron chi connectivity index (χ2n) is 38.3. The van der Waals surface area contributed by atoms with Gasteiger partial charge in [-0.25, -0.2) is 0 Å². The lowest BCUT2D eigenvalue weighted by molar-refractivity contribution is -0.129. The van der Waals surface area contributed by atoms with Crippen molar-refractivity contribution in [2.24, 2.45) is 5.73 Å². The van der Waals surface area contributed by atoms with Crippen molar-refractivity contribution in [2.45, 2.75) is 153 Å². The molecule has 32 heteroatoms. The summed E-state index contributed by atoms with van der Waals surface area (Å²) in [7, 11) is 9.74. The quantitative estimate of drug-likeness (QED) is 0.0389. The van der Waals surface area contributed by atoms with Gasteiger partial charge < -0.3 is 73.8 Å². The van der Waals surface area contributed by atoms with Gasteiger partial charge in [0, 0.05) is 210 Å². The average molecular weight is 1860 g/mol. The van der Waals surface area contributed by atoms with Gasteiger partial charge in [-0.05, 0) is 167 Å². The molecule has 9 aliphatic heterocycles. The molecule has 9 aliphatic rings. The van der Waals surface area contributed by atoms with Gasteiger partial charge in [0.2, 0.25) is 29.5 Å². The number of carbonyl (C=O) groups is 5. The summed E-state index contributed by atoms with van der Waals surface area (Å²) in [5, 5.41) is 37.7. The highest BCUT2D eigenvalue weighted by Gasteiger charge is 2.42. The molecule has 0 spiro atoms. The Morgan fingerprint density at radius 3 is 1.23 bits per heavy atom. The Bertz CT molecular complexity index is 6320. The first-order chi connectivity index (χ1) is 65.9. The van der Waals surface area contributed by atoms with Gasteiger partial charge >= 0.3 is 18.0 Å². The number of anilines is 6. The molecule has 706 valence electrons. The van der Waals surface area contributed by atoms with Gasteiger partial charge in [0.25, 0.3) is 0 Å². The highest BCUT2D eigenvalue weighted by atomic mass is 35.5. The summed E-state index contributed by atoms with van der Waals surface area (Å²) in [4.78, 5) is 125. The maximum atomic E-state index is 14.0. The number of primary amides is 1. The van der Waals surface area contributed by atoms with Crippen LogP contribution in [-0.4, -0.2) is 289 Å². The topological polar surface area (TPSA) is 330 Å². The SMILES string of the molecule is Cc1cccc2cccc(N3CCc4c(nc(OC[C@@H]5CC(c6cc(N7CCc8c(nc(OC[C@@H]9CC(c%10cc(N%11CCc%12c(nc(OC[C@@H]%13CCCN%13C)nc%12N%12CCN(C(=O)/C=C/C(N)=O)[C@@H](CC#N)C%12)C%11)c%11c(C)cccc%11c%10)CN9C)nc8N8CCN(C(=O)/C=C/C(=O)N(C)C)[C@@H](CC#N)C8)C7)c7c(C)cccc7c6)CN5C)nc4N4CCN(C(=O)/C=C/CCl)[C@@H](CC#N)C4)C3)c12. The summed E-state index contributed by atoms with van der Waals surface area (Å²) in [6, 6.07) is 42.2. The molecule has 3 aromatic heterocycles. The largest absolute Gasteiger partial charge is 0.462 e. The zero-order valence-electron chi connectivity index (χ0n) is 79.0. The van der Waals surface area contributed by atoms with E-state index in [1.807, 2.05) is 0 Å². The molecule has 0 saturated carbocycles. The monoisotopic (exact) mass is 1850 g/mol. The number of fused-ring (bicyclic) bond motifs is 6. The van der Waals surface area contributed by atoms with Crippen LogP contribution >= 0.6 is 11.6 Å². The Morgan fingerprint density at radius 2 is 0.831 bits per heavy atom. The molecule has 0 aliphatic carbocycles. The van der Waals surface area contributed by atoms with E-state index in [0.29, 0.717) is 143 Å². The number of piperazine rings is 3. The lowest BCUT2D eigenvalue weighted by Crippen LogP contribution is -2.55. The first-order valence-electron chi connectivity index (χ1n) is 47.8. The number of carbonyl (C=O) groups excluding carboxylic acids is 5. The highest BCUT2D eigenvalue weighted by Crippen LogP contribution is 2.46. The number of likely N-dealkylation sites (N-methyl/N-ethyl adjacent to an activating group) is 4. The summed E-state index contributed by atoms with van der Waals surface area (Å²) in [5.74, 6) is 0.815. The summed E-state index contributed by atoms with van der Waals surface area (Å²) < 4.78 is 20.6. The molecular formula is C104H120ClN23O8. The van der Waals surface area contributed by atoms with Crippen molar-refractivity contribution >= 4 is 108 Å². The third-order valence-electron chi connectivity index (χ3n) is 29.5. The van der Waals surface area contributed by atoms with Gasteiger partial charge in [0.15, 0.2) is 0 Å². The van der Waals surface area contributed by atoms with Crippen molar-refractivity contribution in [3.05, 3.63) is 195 Å². The second kappa shape index (κ2) is 40.7. The number of amides is 5. The van der Waals surface area contributed by atoms with E-state index in [2.05, 4.69) is 201 Å². The van der Waals surface area contributed by atoms with Crippen molar-refractivity contribution in [1.82, 2.24) is 64.2 Å². The van der Waals surface area contributed by atoms with Crippen LogP contribution in [0.1, 0.15) is 118 Å². The number of aryl methyl sites for hydroxylation is 3. The summed E-state index contributed by atoms with van der Waals surface area (Å²) in [6.07, 6.45) is 13.9. The van der Waals surface area contributed by atoms with Crippen LogP contribution in [0, 0.1) is 54.8 Å².